The summed E-state index contributed by atoms with van der Waals surface area (Å²) in [4.78, 5) is 19.3. The first kappa shape index (κ1) is 17.7. The zero-order valence-corrected chi connectivity index (χ0v) is 15.7. The van der Waals surface area contributed by atoms with Crippen LogP contribution in [0.1, 0.15) is 56.5 Å². The highest BCUT2D eigenvalue weighted by Crippen LogP contribution is 2.28. The van der Waals surface area contributed by atoms with E-state index >= 15 is 0 Å². The van der Waals surface area contributed by atoms with Gasteiger partial charge in [0.1, 0.15) is 5.82 Å². The van der Waals surface area contributed by atoms with Crippen LogP contribution in [-0.4, -0.2) is 15.5 Å². The summed E-state index contributed by atoms with van der Waals surface area (Å²) in [5.74, 6) is 1.50. The van der Waals surface area contributed by atoms with Crippen LogP contribution in [0.25, 0.3) is 0 Å². The van der Waals surface area contributed by atoms with Gasteiger partial charge in [-0.25, -0.2) is 4.98 Å². The molecule has 0 fully saturated rings. The highest BCUT2D eigenvalue weighted by molar-refractivity contribution is 5.93. The number of hydrogen-bond donors (Lipinski definition) is 0. The van der Waals surface area contributed by atoms with Gasteiger partial charge in [0, 0.05) is 31.5 Å². The molecule has 1 unspecified atom stereocenters. The molecule has 0 bridgehead atoms. The molecule has 0 radical (unpaired) electrons. The van der Waals surface area contributed by atoms with E-state index in [1.54, 1.807) is 6.20 Å². The van der Waals surface area contributed by atoms with Crippen LogP contribution in [-0.2, 0) is 31.2 Å². The van der Waals surface area contributed by atoms with Crippen molar-refractivity contribution in [1.29, 1.82) is 0 Å². The quantitative estimate of drug-likeness (QED) is 0.788. The largest absolute Gasteiger partial charge is 0.337 e. The Labute approximate surface area is 150 Å². The first-order valence-corrected chi connectivity index (χ1v) is 9.46. The van der Waals surface area contributed by atoms with E-state index in [0.29, 0.717) is 18.9 Å². The molecule has 0 aliphatic heterocycles. The Morgan fingerprint density at radius 1 is 1.28 bits per heavy atom. The molecule has 2 aromatic rings. The molecular weight excluding hydrogens is 310 g/mol. The van der Waals surface area contributed by atoms with E-state index in [9.17, 15) is 4.79 Å². The van der Waals surface area contributed by atoms with Crippen LogP contribution >= 0.6 is 0 Å². The summed E-state index contributed by atoms with van der Waals surface area (Å²) in [6.07, 6.45) is 10.1. The molecule has 1 aliphatic carbocycles. The molecule has 1 heterocycles. The lowest BCUT2D eigenvalue weighted by Crippen LogP contribution is -2.32. The number of imidazole rings is 1. The van der Waals surface area contributed by atoms with Crippen molar-refractivity contribution in [2.45, 2.75) is 58.9 Å². The average molecular weight is 339 g/mol. The monoisotopic (exact) mass is 339 g/mol. The molecular formula is C21H29N3O. The van der Waals surface area contributed by atoms with Crippen molar-refractivity contribution in [3.05, 3.63) is 47.5 Å². The zero-order chi connectivity index (χ0) is 17.8. The number of aryl methyl sites for hydroxylation is 3. The van der Waals surface area contributed by atoms with E-state index in [0.717, 1.165) is 30.8 Å². The number of benzene rings is 1. The van der Waals surface area contributed by atoms with Gasteiger partial charge >= 0.3 is 0 Å². The Balaban J connectivity index is 1.89. The summed E-state index contributed by atoms with van der Waals surface area (Å²) >= 11 is 0. The summed E-state index contributed by atoms with van der Waals surface area (Å²) in [5, 5.41) is 0. The molecule has 1 aliphatic rings. The second-order valence-corrected chi connectivity index (χ2v) is 7.31. The fraction of sp³-hybridized carbons (Fsp3) is 0.524. The van der Waals surface area contributed by atoms with E-state index in [1.165, 1.54) is 24.0 Å². The van der Waals surface area contributed by atoms with Crippen LogP contribution in [0.2, 0.25) is 0 Å². The third-order valence-electron chi connectivity index (χ3n) is 5.39. The van der Waals surface area contributed by atoms with E-state index in [1.807, 2.05) is 22.7 Å². The number of hydrogen-bond acceptors (Lipinski definition) is 2. The predicted octanol–water partition coefficient (Wildman–Crippen LogP) is 4.27. The molecule has 3 rings (SSSR count). The number of carbonyl (C=O) groups excluding carboxylic acids is 1. The van der Waals surface area contributed by atoms with Crippen LogP contribution < -0.4 is 4.90 Å². The number of nitrogens with zero attached hydrogens (tertiary/aromatic N) is 3. The van der Waals surface area contributed by atoms with Crippen molar-refractivity contribution in [1.82, 2.24) is 9.55 Å². The highest BCUT2D eigenvalue weighted by atomic mass is 16.2. The number of carbonyl (C=O) groups is 1. The molecule has 25 heavy (non-hydrogen) atoms. The molecule has 0 saturated carbocycles. The maximum absolute atomic E-state index is 13.0. The minimum Gasteiger partial charge on any atom is -0.337 e. The van der Waals surface area contributed by atoms with Gasteiger partial charge in [-0.15, -0.1) is 0 Å². The Hall–Kier alpha value is -2.10. The molecule has 134 valence electrons. The van der Waals surface area contributed by atoms with Crippen molar-refractivity contribution < 1.29 is 4.79 Å². The second-order valence-electron chi connectivity index (χ2n) is 7.31. The fourth-order valence-electron chi connectivity index (χ4n) is 3.45. The Morgan fingerprint density at radius 2 is 2.04 bits per heavy atom. The number of rotatable bonds is 6. The van der Waals surface area contributed by atoms with Gasteiger partial charge in [0.15, 0.2) is 0 Å². The second kappa shape index (κ2) is 7.85. The summed E-state index contributed by atoms with van der Waals surface area (Å²) in [5.41, 5.74) is 3.86. The SMILES string of the molecule is CCC(C)CC(=O)N(Cc1nccn1C)c1ccc2c(c1)CCCC2. The summed E-state index contributed by atoms with van der Waals surface area (Å²) < 4.78 is 1.99. The van der Waals surface area contributed by atoms with Crippen LogP contribution in [0.15, 0.2) is 30.6 Å². The van der Waals surface area contributed by atoms with Gasteiger partial charge in [-0.1, -0.05) is 26.3 Å². The van der Waals surface area contributed by atoms with E-state index < -0.39 is 0 Å². The molecule has 4 heteroatoms. The van der Waals surface area contributed by atoms with E-state index in [-0.39, 0.29) is 5.91 Å². The average Bonchev–Trinajstić information content (AvgIpc) is 3.03. The lowest BCUT2D eigenvalue weighted by Gasteiger charge is -2.26. The molecule has 1 amide bonds. The molecule has 4 nitrogen and oxygen atoms in total. The number of aromatic nitrogens is 2. The van der Waals surface area contributed by atoms with Crippen molar-refractivity contribution in [3.63, 3.8) is 0 Å². The summed E-state index contributed by atoms with van der Waals surface area (Å²) in [7, 11) is 1.98. The van der Waals surface area contributed by atoms with Gasteiger partial charge in [0.2, 0.25) is 5.91 Å². The van der Waals surface area contributed by atoms with Crippen LogP contribution in [0, 0.1) is 5.92 Å². The van der Waals surface area contributed by atoms with Crippen molar-refractivity contribution in [3.8, 4) is 0 Å². The minimum absolute atomic E-state index is 0.188. The van der Waals surface area contributed by atoms with Crippen LogP contribution in [0.5, 0.6) is 0 Å². The Morgan fingerprint density at radius 3 is 2.72 bits per heavy atom. The standard InChI is InChI=1S/C21H29N3O/c1-4-16(2)13-21(25)24(15-20-22-11-12-23(20)3)19-10-9-17-7-5-6-8-18(17)14-19/h9-12,14,16H,4-8,13,15H2,1-3H3. The summed E-state index contributed by atoms with van der Waals surface area (Å²) in [6, 6.07) is 6.55. The Kier molecular flexibility index (Phi) is 5.57. The topological polar surface area (TPSA) is 38.1 Å². The van der Waals surface area contributed by atoms with Crippen LogP contribution in [0.3, 0.4) is 0 Å². The normalized spacial score (nSPS) is 14.8. The first-order valence-electron chi connectivity index (χ1n) is 9.46. The van der Waals surface area contributed by atoms with E-state index in [4.69, 9.17) is 0 Å². The predicted molar refractivity (Wildman–Crippen MR) is 102 cm³/mol. The maximum atomic E-state index is 13.0. The lowest BCUT2D eigenvalue weighted by molar-refractivity contribution is -0.119. The van der Waals surface area contributed by atoms with Gasteiger partial charge in [-0.3, -0.25) is 4.79 Å². The number of anilines is 1. The van der Waals surface area contributed by atoms with Gasteiger partial charge in [-0.05, 0) is 54.9 Å². The van der Waals surface area contributed by atoms with Gasteiger partial charge in [0.25, 0.3) is 0 Å². The van der Waals surface area contributed by atoms with Crippen molar-refractivity contribution in [2.75, 3.05) is 4.90 Å². The van der Waals surface area contributed by atoms with Gasteiger partial charge < -0.3 is 9.47 Å². The zero-order valence-electron chi connectivity index (χ0n) is 15.7. The molecule has 0 spiro atoms. The van der Waals surface area contributed by atoms with Gasteiger partial charge in [-0.2, -0.15) is 0 Å². The van der Waals surface area contributed by atoms with Gasteiger partial charge in [0.05, 0.1) is 6.54 Å². The smallest absolute Gasteiger partial charge is 0.227 e. The van der Waals surface area contributed by atoms with E-state index in [2.05, 4.69) is 37.0 Å². The minimum atomic E-state index is 0.188. The molecule has 1 atom stereocenters. The van der Waals surface area contributed by atoms with Crippen LogP contribution in [0.4, 0.5) is 5.69 Å². The van der Waals surface area contributed by atoms with Crippen molar-refractivity contribution >= 4 is 11.6 Å². The molecule has 1 aromatic heterocycles. The summed E-state index contributed by atoms with van der Waals surface area (Å²) in [6.45, 7) is 4.81. The fourth-order valence-corrected chi connectivity index (χ4v) is 3.45. The lowest BCUT2D eigenvalue weighted by atomic mass is 9.91. The maximum Gasteiger partial charge on any atom is 0.227 e. The molecule has 1 aromatic carbocycles. The third kappa shape index (κ3) is 4.12. The highest BCUT2D eigenvalue weighted by Gasteiger charge is 2.21. The molecule has 0 N–H and O–H groups in total. The first-order chi connectivity index (χ1) is 12.1. The van der Waals surface area contributed by atoms with Crippen molar-refractivity contribution in [2.24, 2.45) is 13.0 Å². The Bertz CT molecular complexity index is 734. The number of fused-ring (bicyclic) bond motifs is 1. The third-order valence-corrected chi connectivity index (χ3v) is 5.39. The number of amides is 1. The molecule has 0 saturated heterocycles.